The largest absolute Gasteiger partial charge is 0.471 e. The second-order valence-corrected chi connectivity index (χ2v) is 13.1. The fourth-order valence-corrected chi connectivity index (χ4v) is 7.16. The molecule has 258 valence electrons. The lowest BCUT2D eigenvalue weighted by Gasteiger charge is -2.41. The van der Waals surface area contributed by atoms with E-state index in [0.29, 0.717) is 22.2 Å². The van der Waals surface area contributed by atoms with Crippen LogP contribution in [0.25, 0.3) is 11.1 Å². The number of hydrogen-bond donors (Lipinski definition) is 3. The number of nitrogens with one attached hydrogen (secondary N) is 2. The fourth-order valence-electron chi connectivity index (χ4n) is 6.21. The van der Waals surface area contributed by atoms with Gasteiger partial charge in [-0.05, 0) is 52.8 Å². The van der Waals surface area contributed by atoms with Crippen molar-refractivity contribution in [1.29, 1.82) is 0 Å². The average molecular weight is 696 g/mol. The van der Waals surface area contributed by atoms with E-state index in [1.165, 1.54) is 18.1 Å². The number of hydrogen-bond acceptors (Lipinski definition) is 8. The quantitative estimate of drug-likeness (QED) is 0.180. The van der Waals surface area contributed by atoms with E-state index in [4.69, 9.17) is 9.47 Å². The Morgan fingerprint density at radius 1 is 1.02 bits per heavy atom. The summed E-state index contributed by atoms with van der Waals surface area (Å²) in [6.45, 7) is 2.02. The van der Waals surface area contributed by atoms with Crippen molar-refractivity contribution < 1.29 is 37.3 Å². The Bertz CT molecular complexity index is 1740. The maximum absolute atomic E-state index is 13.0. The van der Waals surface area contributed by atoms with E-state index < -0.39 is 30.3 Å². The van der Waals surface area contributed by atoms with Crippen molar-refractivity contribution in [3.63, 3.8) is 0 Å². The molecule has 6 rings (SSSR count). The van der Waals surface area contributed by atoms with Gasteiger partial charge >= 0.3 is 12.1 Å². The lowest BCUT2D eigenvalue weighted by molar-refractivity contribution is -0.268. The molecule has 0 bridgehead atoms. The molecule has 0 radical (unpaired) electrons. The molecule has 3 heterocycles. The van der Waals surface area contributed by atoms with Crippen molar-refractivity contribution in [1.82, 2.24) is 25.4 Å². The highest BCUT2D eigenvalue weighted by Crippen LogP contribution is 2.43. The highest BCUT2D eigenvalue weighted by Gasteiger charge is 2.47. The molecule has 14 heteroatoms. The number of ether oxygens (including phenoxy) is 2. The normalized spacial score (nSPS) is 22.6. The van der Waals surface area contributed by atoms with Gasteiger partial charge in [-0.25, -0.2) is 4.98 Å². The van der Waals surface area contributed by atoms with Crippen LogP contribution in [0.4, 0.5) is 13.2 Å². The predicted octanol–water partition coefficient (Wildman–Crippen LogP) is 5.72. The van der Waals surface area contributed by atoms with E-state index in [1.54, 1.807) is 0 Å². The molecule has 2 aliphatic rings. The Morgan fingerprint density at radius 2 is 1.78 bits per heavy atom. The first-order chi connectivity index (χ1) is 23.6. The van der Waals surface area contributed by atoms with Gasteiger partial charge in [0, 0.05) is 30.3 Å². The summed E-state index contributed by atoms with van der Waals surface area (Å²) in [7, 11) is 0. The molecule has 0 unspecified atom stereocenters. The van der Waals surface area contributed by atoms with Crippen LogP contribution in [-0.4, -0.2) is 67.6 Å². The van der Waals surface area contributed by atoms with Crippen molar-refractivity contribution in [3.05, 3.63) is 101 Å². The van der Waals surface area contributed by atoms with E-state index in [1.807, 2.05) is 72.8 Å². The number of alkyl halides is 3. The minimum atomic E-state index is -5.03. The van der Waals surface area contributed by atoms with Crippen molar-refractivity contribution in [2.24, 2.45) is 5.92 Å². The molecule has 1 aromatic heterocycles. The van der Waals surface area contributed by atoms with Crippen molar-refractivity contribution >= 4 is 23.6 Å². The number of aliphatic hydroxyl groups excluding tert-OH is 1. The van der Waals surface area contributed by atoms with Gasteiger partial charge in [0.05, 0.1) is 18.8 Å². The van der Waals surface area contributed by atoms with Gasteiger partial charge < -0.3 is 24.8 Å². The van der Waals surface area contributed by atoms with Crippen molar-refractivity contribution in [2.75, 3.05) is 12.3 Å². The number of thioether (sulfide) groups is 1. The Hall–Kier alpha value is -4.24. The molecule has 4 aromatic rings. The summed E-state index contributed by atoms with van der Waals surface area (Å²) in [4.78, 5) is 29.5. The van der Waals surface area contributed by atoms with Gasteiger partial charge in [0.1, 0.15) is 12.4 Å². The molecule has 0 spiro atoms. The van der Waals surface area contributed by atoms with E-state index in [0.717, 1.165) is 33.4 Å². The van der Waals surface area contributed by atoms with Gasteiger partial charge in [-0.3, -0.25) is 14.7 Å². The number of benzene rings is 3. The number of carbonyl (C=O) groups is 2. The predicted molar refractivity (Wildman–Crippen MR) is 175 cm³/mol. The van der Waals surface area contributed by atoms with Crippen LogP contribution in [0.15, 0.2) is 84.3 Å². The highest BCUT2D eigenvalue weighted by molar-refractivity contribution is 7.99. The van der Waals surface area contributed by atoms with Crippen LogP contribution < -0.4 is 5.32 Å². The number of H-pyrrole nitrogens is 1. The summed E-state index contributed by atoms with van der Waals surface area (Å²) in [6.07, 6.45) is -4.23. The van der Waals surface area contributed by atoms with Crippen LogP contribution >= 0.6 is 11.8 Å². The van der Waals surface area contributed by atoms with Crippen LogP contribution in [0, 0.1) is 5.92 Å². The number of likely N-dealkylation sites (tertiary alicyclic amines) is 1. The van der Waals surface area contributed by atoms with E-state index in [-0.39, 0.29) is 44.2 Å². The summed E-state index contributed by atoms with van der Waals surface area (Å²) in [5.41, 5.74) is 5.08. The molecular formula is C35H36F3N5O5S. The van der Waals surface area contributed by atoms with Gasteiger partial charge in [-0.1, -0.05) is 79.3 Å². The molecule has 2 fully saturated rings. The first-order valence-corrected chi connectivity index (χ1v) is 16.9. The third kappa shape index (κ3) is 8.15. The molecule has 2 saturated heterocycles. The summed E-state index contributed by atoms with van der Waals surface area (Å²) in [5, 5.41) is 19.7. The molecule has 2 amide bonds. The molecule has 3 aromatic carbocycles. The Labute approximate surface area is 285 Å². The Balaban J connectivity index is 1.18. The van der Waals surface area contributed by atoms with Crippen LogP contribution in [0.1, 0.15) is 54.4 Å². The Kier molecular flexibility index (Phi) is 10.7. The summed E-state index contributed by atoms with van der Waals surface area (Å²) in [5.74, 6) is -2.00. The minimum absolute atomic E-state index is 0.00961. The summed E-state index contributed by atoms with van der Waals surface area (Å²) >= 11 is 1.51. The average Bonchev–Trinajstić information content (AvgIpc) is 3.83. The van der Waals surface area contributed by atoms with Crippen LogP contribution in [0.2, 0.25) is 0 Å². The van der Waals surface area contributed by atoms with Crippen LogP contribution in [0.3, 0.4) is 0 Å². The number of aromatic nitrogens is 3. The van der Waals surface area contributed by atoms with E-state index in [2.05, 4.69) is 27.4 Å². The molecule has 10 nitrogen and oxygen atoms in total. The number of aromatic amines is 1. The van der Waals surface area contributed by atoms with Gasteiger partial charge in [0.15, 0.2) is 11.4 Å². The van der Waals surface area contributed by atoms with Crippen LogP contribution in [0.5, 0.6) is 0 Å². The molecule has 5 atom stereocenters. The second-order valence-electron chi connectivity index (χ2n) is 12.1. The number of rotatable bonds is 10. The molecule has 2 aliphatic heterocycles. The molecule has 0 saturated carbocycles. The number of amides is 2. The summed E-state index contributed by atoms with van der Waals surface area (Å²) < 4.78 is 52.3. The zero-order valence-corrected chi connectivity index (χ0v) is 27.4. The minimum Gasteiger partial charge on any atom is -0.392 e. The highest BCUT2D eigenvalue weighted by atomic mass is 32.2. The van der Waals surface area contributed by atoms with Gasteiger partial charge in [-0.2, -0.15) is 18.3 Å². The topological polar surface area (TPSA) is 130 Å². The van der Waals surface area contributed by atoms with E-state index >= 15 is 0 Å². The number of aliphatic hydroxyl groups is 1. The van der Waals surface area contributed by atoms with Crippen molar-refractivity contribution in [2.45, 2.75) is 68.8 Å². The second kappa shape index (κ2) is 15.1. The SMILES string of the molecule is C[C@@H]1[C@H](CSc2ncn[nH]2)O[C@H](c2cccc(-c3cccc(CNC(=O)[C@@H]4CCCN4C(=O)C(F)(F)F)c3)c2)O[C@@H]1c1ccc(CO)cc1. The lowest BCUT2D eigenvalue weighted by atomic mass is 9.91. The summed E-state index contributed by atoms with van der Waals surface area (Å²) in [6, 6.07) is 21.8. The zero-order chi connectivity index (χ0) is 34.5. The molecule has 49 heavy (non-hydrogen) atoms. The van der Waals surface area contributed by atoms with E-state index in [9.17, 15) is 27.9 Å². The number of nitrogens with zero attached hydrogens (tertiary/aromatic N) is 3. The number of halogens is 3. The lowest BCUT2D eigenvalue weighted by Crippen LogP contribution is -2.50. The first-order valence-electron chi connectivity index (χ1n) is 15.9. The first kappa shape index (κ1) is 34.6. The smallest absolute Gasteiger partial charge is 0.392 e. The number of carbonyl (C=O) groups excluding carboxylic acids is 2. The van der Waals surface area contributed by atoms with Crippen LogP contribution in [-0.2, 0) is 32.2 Å². The monoisotopic (exact) mass is 695 g/mol. The fraction of sp³-hybridized carbons (Fsp3) is 0.371. The zero-order valence-electron chi connectivity index (χ0n) is 26.6. The molecule has 0 aliphatic carbocycles. The maximum atomic E-state index is 13.0. The standard InChI is InChI=1S/C35H36F3N5O5S/c1-21-29(19-49-34-40-20-41-42-34)47-32(48-30(21)24-12-10-22(18-44)11-13-24)27-8-3-7-26(16-27)25-6-2-5-23(15-25)17-39-31(45)28-9-4-14-43(28)33(46)35(36,37)38/h2-3,5-8,10-13,15-16,20-21,28-30,32,44H,4,9,14,17-19H2,1H3,(H,39,45)(H,40,41,42)/t21-,28+,29+,30+,32+/m1/s1. The van der Waals surface area contributed by atoms with Gasteiger partial charge in [0.25, 0.3) is 0 Å². The van der Waals surface area contributed by atoms with Gasteiger partial charge in [0.2, 0.25) is 5.91 Å². The Morgan fingerprint density at radius 3 is 2.49 bits per heavy atom. The maximum Gasteiger partial charge on any atom is 0.471 e. The van der Waals surface area contributed by atoms with Gasteiger partial charge in [-0.15, -0.1) is 0 Å². The molecular weight excluding hydrogens is 659 g/mol. The third-order valence-corrected chi connectivity index (χ3v) is 9.81. The van der Waals surface area contributed by atoms with Crippen molar-refractivity contribution in [3.8, 4) is 11.1 Å². The molecule has 3 N–H and O–H groups in total. The third-order valence-electron chi connectivity index (χ3n) is 8.85.